The fraction of sp³-hybridized carbons (Fsp3) is 0.118. The van der Waals surface area contributed by atoms with Gasteiger partial charge in [0.05, 0.1) is 5.69 Å². The second-order valence-corrected chi connectivity index (χ2v) is 4.90. The third-order valence-corrected chi connectivity index (χ3v) is 3.25. The van der Waals surface area contributed by atoms with Gasteiger partial charge in [0.1, 0.15) is 6.61 Å². The predicted octanol–water partition coefficient (Wildman–Crippen LogP) is 2.72. The lowest BCUT2D eigenvalue weighted by molar-refractivity contribution is -0.119. The summed E-state index contributed by atoms with van der Waals surface area (Å²) in [5, 5.41) is 9.98. The van der Waals surface area contributed by atoms with Gasteiger partial charge in [0, 0.05) is 18.2 Å². The standard InChI is InChI=1S/C17H16N4O2/c1-23-11-15(22)18-14-10-6-5-9-13(14)17-19-16(20-21-17)12-7-3-2-4-8-12/h2-10H,11H2,1H3,(H,18,22)(H,19,20,21). The molecular weight excluding hydrogens is 292 g/mol. The number of rotatable bonds is 5. The zero-order chi connectivity index (χ0) is 16.1. The molecule has 3 rings (SSSR count). The molecule has 0 aliphatic carbocycles. The van der Waals surface area contributed by atoms with Gasteiger partial charge in [-0.3, -0.25) is 9.89 Å². The summed E-state index contributed by atoms with van der Waals surface area (Å²) in [6.45, 7) is 0.00000436. The Morgan fingerprint density at radius 1 is 1.13 bits per heavy atom. The Labute approximate surface area is 133 Å². The molecule has 0 saturated heterocycles. The Kier molecular flexibility index (Phi) is 4.44. The number of aromatic nitrogens is 3. The van der Waals surface area contributed by atoms with Crippen LogP contribution in [0.15, 0.2) is 54.6 Å². The lowest BCUT2D eigenvalue weighted by Gasteiger charge is -2.08. The first-order chi connectivity index (χ1) is 11.3. The smallest absolute Gasteiger partial charge is 0.250 e. The number of carbonyl (C=O) groups excluding carboxylic acids is 1. The lowest BCUT2D eigenvalue weighted by atomic mass is 10.1. The molecule has 0 unspecified atom stereocenters. The molecule has 6 heteroatoms. The molecule has 6 nitrogen and oxygen atoms in total. The van der Waals surface area contributed by atoms with Crippen molar-refractivity contribution >= 4 is 11.6 Å². The number of para-hydroxylation sites is 1. The van der Waals surface area contributed by atoms with Gasteiger partial charge in [0.15, 0.2) is 11.6 Å². The van der Waals surface area contributed by atoms with Crippen molar-refractivity contribution in [2.24, 2.45) is 0 Å². The number of hydrogen-bond donors (Lipinski definition) is 2. The van der Waals surface area contributed by atoms with Crippen molar-refractivity contribution in [3.05, 3.63) is 54.6 Å². The molecule has 0 aliphatic rings. The van der Waals surface area contributed by atoms with Crippen LogP contribution in [0.2, 0.25) is 0 Å². The summed E-state index contributed by atoms with van der Waals surface area (Å²) in [5.74, 6) is 0.985. The molecule has 116 valence electrons. The van der Waals surface area contributed by atoms with E-state index < -0.39 is 0 Å². The number of amides is 1. The highest BCUT2D eigenvalue weighted by atomic mass is 16.5. The van der Waals surface area contributed by atoms with Gasteiger partial charge in [-0.05, 0) is 12.1 Å². The monoisotopic (exact) mass is 308 g/mol. The highest BCUT2D eigenvalue weighted by Gasteiger charge is 2.12. The van der Waals surface area contributed by atoms with Crippen LogP contribution in [-0.2, 0) is 9.53 Å². The average molecular weight is 308 g/mol. The summed E-state index contributed by atoms with van der Waals surface area (Å²) in [7, 11) is 1.48. The van der Waals surface area contributed by atoms with Gasteiger partial charge < -0.3 is 10.1 Å². The Hall–Kier alpha value is -2.99. The molecule has 0 bridgehead atoms. The molecule has 2 aromatic carbocycles. The summed E-state index contributed by atoms with van der Waals surface area (Å²) in [6.07, 6.45) is 0. The molecule has 1 amide bonds. The normalized spacial score (nSPS) is 10.5. The molecule has 2 N–H and O–H groups in total. The molecule has 0 radical (unpaired) electrons. The Morgan fingerprint density at radius 3 is 2.65 bits per heavy atom. The summed E-state index contributed by atoms with van der Waals surface area (Å²) in [6, 6.07) is 17.1. The SMILES string of the molecule is COCC(=O)Nc1ccccc1-c1nc(-c2ccccc2)n[nH]1. The minimum Gasteiger partial charge on any atom is -0.375 e. The highest BCUT2D eigenvalue weighted by Crippen LogP contribution is 2.26. The van der Waals surface area contributed by atoms with E-state index in [0.29, 0.717) is 17.3 Å². The number of anilines is 1. The van der Waals surface area contributed by atoms with E-state index in [1.807, 2.05) is 54.6 Å². The molecule has 0 spiro atoms. The van der Waals surface area contributed by atoms with Gasteiger partial charge in [-0.15, -0.1) is 0 Å². The summed E-state index contributed by atoms with van der Waals surface area (Å²) in [5.41, 5.74) is 2.35. The molecular formula is C17H16N4O2. The number of ether oxygens (including phenoxy) is 1. The maximum absolute atomic E-state index is 11.7. The molecule has 3 aromatic rings. The second-order valence-electron chi connectivity index (χ2n) is 4.90. The van der Waals surface area contributed by atoms with E-state index in [0.717, 1.165) is 11.1 Å². The van der Waals surface area contributed by atoms with Crippen LogP contribution in [0.5, 0.6) is 0 Å². The van der Waals surface area contributed by atoms with E-state index in [1.165, 1.54) is 7.11 Å². The quantitative estimate of drug-likeness (QED) is 0.759. The summed E-state index contributed by atoms with van der Waals surface area (Å²) < 4.78 is 4.84. The minimum absolute atomic E-state index is 0.00000436. The van der Waals surface area contributed by atoms with Crippen molar-refractivity contribution in [2.75, 3.05) is 19.0 Å². The molecule has 0 aliphatic heterocycles. The van der Waals surface area contributed by atoms with Gasteiger partial charge in [0.25, 0.3) is 0 Å². The third kappa shape index (κ3) is 3.44. The maximum atomic E-state index is 11.7. The van der Waals surface area contributed by atoms with Crippen LogP contribution in [0.1, 0.15) is 0 Å². The summed E-state index contributed by atoms with van der Waals surface area (Å²) in [4.78, 5) is 16.3. The predicted molar refractivity (Wildman–Crippen MR) is 87.8 cm³/mol. The van der Waals surface area contributed by atoms with E-state index >= 15 is 0 Å². The van der Waals surface area contributed by atoms with E-state index in [1.54, 1.807) is 0 Å². The molecule has 1 heterocycles. The van der Waals surface area contributed by atoms with Crippen LogP contribution in [0.3, 0.4) is 0 Å². The molecule has 0 saturated carbocycles. The van der Waals surface area contributed by atoms with Crippen molar-refractivity contribution in [1.82, 2.24) is 15.2 Å². The number of nitrogens with zero attached hydrogens (tertiary/aromatic N) is 2. The first kappa shape index (κ1) is 14.9. The van der Waals surface area contributed by atoms with Crippen LogP contribution in [0.4, 0.5) is 5.69 Å². The first-order valence-electron chi connectivity index (χ1n) is 7.14. The number of H-pyrrole nitrogens is 1. The van der Waals surface area contributed by atoms with E-state index in [4.69, 9.17) is 4.74 Å². The van der Waals surface area contributed by atoms with Crippen molar-refractivity contribution in [3.63, 3.8) is 0 Å². The topological polar surface area (TPSA) is 79.9 Å². The number of aromatic amines is 1. The lowest BCUT2D eigenvalue weighted by Crippen LogP contribution is -2.17. The van der Waals surface area contributed by atoms with Crippen LogP contribution in [0, 0.1) is 0 Å². The average Bonchev–Trinajstić information content (AvgIpc) is 3.06. The minimum atomic E-state index is -0.220. The first-order valence-corrected chi connectivity index (χ1v) is 7.14. The summed E-state index contributed by atoms with van der Waals surface area (Å²) >= 11 is 0. The van der Waals surface area contributed by atoms with E-state index in [9.17, 15) is 4.79 Å². The van der Waals surface area contributed by atoms with Crippen molar-refractivity contribution < 1.29 is 9.53 Å². The number of nitrogens with one attached hydrogen (secondary N) is 2. The Bertz CT molecular complexity index is 799. The maximum Gasteiger partial charge on any atom is 0.250 e. The molecule has 23 heavy (non-hydrogen) atoms. The van der Waals surface area contributed by atoms with Crippen molar-refractivity contribution in [2.45, 2.75) is 0 Å². The van der Waals surface area contributed by atoms with Crippen LogP contribution >= 0.6 is 0 Å². The molecule has 0 fully saturated rings. The van der Waals surface area contributed by atoms with E-state index in [2.05, 4.69) is 20.5 Å². The number of benzene rings is 2. The Morgan fingerprint density at radius 2 is 1.87 bits per heavy atom. The van der Waals surface area contributed by atoms with Crippen LogP contribution < -0.4 is 5.32 Å². The van der Waals surface area contributed by atoms with Gasteiger partial charge >= 0.3 is 0 Å². The number of hydrogen-bond acceptors (Lipinski definition) is 4. The Balaban J connectivity index is 1.91. The zero-order valence-corrected chi connectivity index (χ0v) is 12.6. The van der Waals surface area contributed by atoms with Crippen molar-refractivity contribution in [3.8, 4) is 22.8 Å². The van der Waals surface area contributed by atoms with Gasteiger partial charge in [-0.2, -0.15) is 5.10 Å². The van der Waals surface area contributed by atoms with Gasteiger partial charge in [-0.25, -0.2) is 4.98 Å². The van der Waals surface area contributed by atoms with Gasteiger partial charge in [0.2, 0.25) is 5.91 Å². The largest absolute Gasteiger partial charge is 0.375 e. The fourth-order valence-electron chi connectivity index (χ4n) is 2.21. The van der Waals surface area contributed by atoms with Crippen LogP contribution in [0.25, 0.3) is 22.8 Å². The highest BCUT2D eigenvalue weighted by molar-refractivity contribution is 5.95. The van der Waals surface area contributed by atoms with E-state index in [-0.39, 0.29) is 12.5 Å². The number of carbonyl (C=O) groups is 1. The van der Waals surface area contributed by atoms with Gasteiger partial charge in [-0.1, -0.05) is 42.5 Å². The van der Waals surface area contributed by atoms with Crippen molar-refractivity contribution in [1.29, 1.82) is 0 Å². The third-order valence-electron chi connectivity index (χ3n) is 3.25. The van der Waals surface area contributed by atoms with Crippen LogP contribution in [-0.4, -0.2) is 34.8 Å². The second kappa shape index (κ2) is 6.85. The molecule has 1 aromatic heterocycles. The zero-order valence-electron chi connectivity index (χ0n) is 12.6. The number of methoxy groups -OCH3 is 1. The fourth-order valence-corrected chi connectivity index (χ4v) is 2.21. The molecule has 0 atom stereocenters.